The maximum Gasteiger partial charge on any atom is 0.220 e. The maximum atomic E-state index is 12.2. The highest BCUT2D eigenvalue weighted by Gasteiger charge is 2.36. The summed E-state index contributed by atoms with van der Waals surface area (Å²) in [6, 6.07) is 1.62. The van der Waals surface area contributed by atoms with Crippen molar-refractivity contribution in [2.45, 2.75) is 75.9 Å². The van der Waals surface area contributed by atoms with E-state index >= 15 is 0 Å². The second-order valence-corrected chi connectivity index (χ2v) is 6.75. The summed E-state index contributed by atoms with van der Waals surface area (Å²) in [5.41, 5.74) is 0. The van der Waals surface area contributed by atoms with Crippen molar-refractivity contribution in [3.63, 3.8) is 0 Å². The molecule has 0 bridgehead atoms. The minimum absolute atomic E-state index is 0.273. The van der Waals surface area contributed by atoms with E-state index in [9.17, 15) is 4.79 Å². The first-order chi connectivity index (χ1) is 9.83. The van der Waals surface area contributed by atoms with Crippen LogP contribution in [0, 0.1) is 0 Å². The summed E-state index contributed by atoms with van der Waals surface area (Å²) in [6.07, 6.45) is 10.7. The van der Waals surface area contributed by atoms with Gasteiger partial charge in [-0.15, -0.1) is 0 Å². The molecule has 4 heteroatoms. The third kappa shape index (κ3) is 3.53. The molecule has 3 rings (SSSR count). The lowest BCUT2D eigenvalue weighted by Crippen LogP contribution is -2.47. The molecule has 3 aliphatic rings. The average molecular weight is 279 g/mol. The number of carbonyl (C=O) groups is 1. The highest BCUT2D eigenvalue weighted by Crippen LogP contribution is 2.27. The van der Waals surface area contributed by atoms with Crippen molar-refractivity contribution < 1.29 is 4.79 Å². The lowest BCUT2D eigenvalue weighted by atomic mass is 9.98. The molecule has 0 aliphatic carbocycles. The summed E-state index contributed by atoms with van der Waals surface area (Å²) in [4.78, 5) is 14.7. The van der Waals surface area contributed by atoms with E-state index in [2.05, 4.69) is 15.5 Å². The van der Waals surface area contributed by atoms with Crippen LogP contribution < -0.4 is 10.6 Å². The first-order valence-corrected chi connectivity index (χ1v) is 8.60. The van der Waals surface area contributed by atoms with E-state index < -0.39 is 0 Å². The van der Waals surface area contributed by atoms with Crippen LogP contribution in [0.4, 0.5) is 0 Å². The number of amides is 1. The number of rotatable bonds is 4. The van der Waals surface area contributed by atoms with Gasteiger partial charge in [0, 0.05) is 31.1 Å². The molecular weight excluding hydrogens is 250 g/mol. The van der Waals surface area contributed by atoms with Gasteiger partial charge in [0.25, 0.3) is 0 Å². The minimum atomic E-state index is 0.273. The predicted molar refractivity (Wildman–Crippen MR) is 80.6 cm³/mol. The van der Waals surface area contributed by atoms with Gasteiger partial charge in [-0.1, -0.05) is 12.8 Å². The van der Waals surface area contributed by atoms with Gasteiger partial charge < -0.3 is 10.6 Å². The molecule has 3 unspecified atom stereocenters. The Hall–Kier alpha value is -0.610. The fraction of sp³-hybridized carbons (Fsp3) is 0.938. The van der Waals surface area contributed by atoms with Gasteiger partial charge in [0.1, 0.15) is 0 Å². The lowest BCUT2D eigenvalue weighted by molar-refractivity contribution is -0.122. The number of carbonyl (C=O) groups excluding carboxylic acids is 1. The van der Waals surface area contributed by atoms with Crippen molar-refractivity contribution in [3.8, 4) is 0 Å². The molecular formula is C16H29N3O. The van der Waals surface area contributed by atoms with Crippen LogP contribution in [0.25, 0.3) is 0 Å². The summed E-state index contributed by atoms with van der Waals surface area (Å²) in [5, 5.41) is 6.83. The molecule has 114 valence electrons. The zero-order valence-electron chi connectivity index (χ0n) is 12.6. The van der Waals surface area contributed by atoms with Gasteiger partial charge in [-0.3, -0.25) is 9.69 Å². The van der Waals surface area contributed by atoms with Crippen LogP contribution in [0.5, 0.6) is 0 Å². The molecule has 0 radical (unpaired) electrons. The van der Waals surface area contributed by atoms with Crippen molar-refractivity contribution in [3.05, 3.63) is 0 Å². The number of fused-ring (bicyclic) bond motifs is 1. The van der Waals surface area contributed by atoms with Crippen LogP contribution in [-0.4, -0.2) is 48.6 Å². The van der Waals surface area contributed by atoms with E-state index in [1.54, 1.807) is 0 Å². The Kier molecular flexibility index (Phi) is 4.94. The largest absolute Gasteiger partial charge is 0.352 e. The van der Waals surface area contributed by atoms with Gasteiger partial charge in [0.2, 0.25) is 5.91 Å². The number of nitrogens with one attached hydrogen (secondary N) is 2. The number of piperidine rings is 2. The quantitative estimate of drug-likeness (QED) is 0.822. The standard InChI is InChI=1S/C16H29N3O/c20-16(8-7-13-5-1-3-10-17-13)18-14-9-12-19-11-4-2-6-15(14)19/h13-15,17H,1-12H2,(H,18,20). The summed E-state index contributed by atoms with van der Waals surface area (Å²) >= 11 is 0. The molecule has 0 aromatic rings. The lowest BCUT2D eigenvalue weighted by Gasteiger charge is -2.32. The molecule has 4 nitrogen and oxygen atoms in total. The van der Waals surface area contributed by atoms with Crippen LogP contribution in [0.3, 0.4) is 0 Å². The fourth-order valence-electron chi connectivity index (χ4n) is 4.17. The monoisotopic (exact) mass is 279 g/mol. The minimum Gasteiger partial charge on any atom is -0.352 e. The van der Waals surface area contributed by atoms with E-state index in [0.29, 0.717) is 24.5 Å². The van der Waals surface area contributed by atoms with Crippen molar-refractivity contribution in [1.29, 1.82) is 0 Å². The number of hydrogen-bond donors (Lipinski definition) is 2. The Labute approximate surface area is 122 Å². The van der Waals surface area contributed by atoms with Crippen LogP contribution >= 0.6 is 0 Å². The summed E-state index contributed by atoms with van der Waals surface area (Å²) in [5.74, 6) is 0.273. The Balaban J connectivity index is 1.40. The van der Waals surface area contributed by atoms with Crippen molar-refractivity contribution in [2.24, 2.45) is 0 Å². The molecule has 0 saturated carbocycles. The first kappa shape index (κ1) is 14.3. The van der Waals surface area contributed by atoms with Gasteiger partial charge in [0.15, 0.2) is 0 Å². The molecule has 0 aromatic heterocycles. The Morgan fingerprint density at radius 3 is 2.85 bits per heavy atom. The van der Waals surface area contributed by atoms with E-state index in [-0.39, 0.29) is 5.91 Å². The van der Waals surface area contributed by atoms with E-state index in [4.69, 9.17) is 0 Å². The fourth-order valence-corrected chi connectivity index (χ4v) is 4.17. The highest BCUT2D eigenvalue weighted by atomic mass is 16.1. The van der Waals surface area contributed by atoms with Crippen LogP contribution in [0.15, 0.2) is 0 Å². The molecule has 1 amide bonds. The summed E-state index contributed by atoms with van der Waals surface area (Å²) in [6.45, 7) is 3.55. The highest BCUT2D eigenvalue weighted by molar-refractivity contribution is 5.76. The SMILES string of the molecule is O=C(CCC1CCCCN1)NC1CCN2CCCCC12. The third-order valence-corrected chi connectivity index (χ3v) is 5.33. The Morgan fingerprint density at radius 2 is 2.00 bits per heavy atom. The Morgan fingerprint density at radius 1 is 1.10 bits per heavy atom. The van der Waals surface area contributed by atoms with E-state index in [0.717, 1.165) is 19.4 Å². The first-order valence-electron chi connectivity index (χ1n) is 8.60. The number of nitrogens with zero attached hydrogens (tertiary/aromatic N) is 1. The smallest absolute Gasteiger partial charge is 0.220 e. The van der Waals surface area contributed by atoms with Crippen molar-refractivity contribution >= 4 is 5.91 Å². The zero-order chi connectivity index (χ0) is 13.8. The van der Waals surface area contributed by atoms with Gasteiger partial charge in [0.05, 0.1) is 0 Å². The summed E-state index contributed by atoms with van der Waals surface area (Å²) in [7, 11) is 0. The molecule has 3 heterocycles. The summed E-state index contributed by atoms with van der Waals surface area (Å²) < 4.78 is 0. The molecule has 0 spiro atoms. The van der Waals surface area contributed by atoms with Gasteiger partial charge in [-0.2, -0.15) is 0 Å². The van der Waals surface area contributed by atoms with Crippen LogP contribution in [0.2, 0.25) is 0 Å². The van der Waals surface area contributed by atoms with Crippen LogP contribution in [0.1, 0.15) is 57.8 Å². The third-order valence-electron chi connectivity index (χ3n) is 5.33. The molecule has 3 atom stereocenters. The van der Waals surface area contributed by atoms with Crippen LogP contribution in [-0.2, 0) is 4.79 Å². The van der Waals surface area contributed by atoms with E-state index in [1.165, 1.54) is 51.6 Å². The Bertz CT molecular complexity index is 328. The molecule has 2 N–H and O–H groups in total. The average Bonchev–Trinajstić information content (AvgIpc) is 2.90. The number of hydrogen-bond acceptors (Lipinski definition) is 3. The second-order valence-electron chi connectivity index (χ2n) is 6.75. The molecule has 3 saturated heterocycles. The second kappa shape index (κ2) is 6.90. The molecule has 0 aromatic carbocycles. The van der Waals surface area contributed by atoms with Crippen molar-refractivity contribution in [2.75, 3.05) is 19.6 Å². The maximum absolute atomic E-state index is 12.2. The molecule has 3 aliphatic heterocycles. The normalized spacial score (nSPS) is 34.7. The van der Waals surface area contributed by atoms with Gasteiger partial charge >= 0.3 is 0 Å². The van der Waals surface area contributed by atoms with Gasteiger partial charge in [-0.25, -0.2) is 0 Å². The van der Waals surface area contributed by atoms with Gasteiger partial charge in [-0.05, 0) is 51.6 Å². The molecule has 20 heavy (non-hydrogen) atoms. The zero-order valence-corrected chi connectivity index (χ0v) is 12.6. The van der Waals surface area contributed by atoms with E-state index in [1.807, 2.05) is 0 Å². The topological polar surface area (TPSA) is 44.4 Å². The van der Waals surface area contributed by atoms with Crippen molar-refractivity contribution in [1.82, 2.24) is 15.5 Å². The molecule has 3 fully saturated rings. The predicted octanol–water partition coefficient (Wildman–Crippen LogP) is 1.65.